The lowest BCUT2D eigenvalue weighted by Crippen LogP contribution is -2.25. The third-order valence-corrected chi connectivity index (χ3v) is 4.51. The number of benzene rings is 1. The Morgan fingerprint density at radius 1 is 0.958 bits per heavy atom. The summed E-state index contributed by atoms with van der Waals surface area (Å²) in [7, 11) is 5.72. The fourth-order valence-corrected chi connectivity index (χ4v) is 2.98. The fourth-order valence-electron chi connectivity index (χ4n) is 2.14. The molecule has 122 valence electrons. The first-order valence-corrected chi connectivity index (χ1v) is 8.16. The fraction of sp³-hybridized carbons (Fsp3) is 0.176. The lowest BCUT2D eigenvalue weighted by atomic mass is 10.2. The van der Waals surface area contributed by atoms with Crippen molar-refractivity contribution in [3.8, 4) is 10.8 Å². The molecular formula is C17H17N5OS. The highest BCUT2D eigenvalue weighted by atomic mass is 32.1. The quantitative estimate of drug-likeness (QED) is 0.731. The topological polar surface area (TPSA) is 62.2 Å². The summed E-state index contributed by atoms with van der Waals surface area (Å²) >= 11 is 1.29. The van der Waals surface area contributed by atoms with E-state index in [9.17, 15) is 4.79 Å². The number of carbonyl (C=O) groups is 1. The third-order valence-electron chi connectivity index (χ3n) is 3.53. The van der Waals surface area contributed by atoms with Crippen LogP contribution in [0.1, 0.15) is 9.67 Å². The number of rotatable bonds is 4. The Morgan fingerprint density at radius 3 is 2.21 bits per heavy atom. The van der Waals surface area contributed by atoms with E-state index in [0.29, 0.717) is 15.7 Å². The van der Waals surface area contributed by atoms with Gasteiger partial charge in [-0.2, -0.15) is 0 Å². The molecule has 0 aliphatic carbocycles. The molecule has 0 aliphatic heterocycles. The molecule has 0 N–H and O–H groups in total. The lowest BCUT2D eigenvalue weighted by molar-refractivity contribution is 0.0996. The first-order chi connectivity index (χ1) is 11.6. The first kappa shape index (κ1) is 16.1. The minimum absolute atomic E-state index is 0.104. The number of amides is 1. The summed E-state index contributed by atoms with van der Waals surface area (Å²) in [6.07, 6.45) is 4.89. The van der Waals surface area contributed by atoms with E-state index >= 15 is 0 Å². The Kier molecular flexibility index (Phi) is 4.52. The molecule has 0 aliphatic rings. The zero-order valence-corrected chi connectivity index (χ0v) is 14.5. The van der Waals surface area contributed by atoms with Gasteiger partial charge in [-0.1, -0.05) is 0 Å². The molecule has 1 amide bonds. The molecule has 2 heterocycles. The van der Waals surface area contributed by atoms with Crippen molar-refractivity contribution in [1.29, 1.82) is 0 Å². The number of carbonyl (C=O) groups excluding carboxylic acids is 1. The van der Waals surface area contributed by atoms with Crippen LogP contribution < -0.4 is 9.80 Å². The summed E-state index contributed by atoms with van der Waals surface area (Å²) in [5, 5.41) is 0.635. The molecule has 7 heteroatoms. The smallest absolute Gasteiger partial charge is 0.269 e. The van der Waals surface area contributed by atoms with Crippen molar-refractivity contribution in [2.24, 2.45) is 0 Å². The van der Waals surface area contributed by atoms with E-state index in [1.165, 1.54) is 11.3 Å². The average Bonchev–Trinajstić information content (AvgIpc) is 3.11. The van der Waals surface area contributed by atoms with Crippen molar-refractivity contribution in [3.63, 3.8) is 0 Å². The maximum atomic E-state index is 12.7. The van der Waals surface area contributed by atoms with Gasteiger partial charge < -0.3 is 9.80 Å². The summed E-state index contributed by atoms with van der Waals surface area (Å²) in [6, 6.07) is 9.56. The van der Waals surface area contributed by atoms with Gasteiger partial charge in [-0.15, -0.1) is 11.3 Å². The number of nitrogens with zero attached hydrogens (tertiary/aromatic N) is 5. The second-order valence-electron chi connectivity index (χ2n) is 5.38. The van der Waals surface area contributed by atoms with Gasteiger partial charge in [-0.05, 0) is 30.3 Å². The van der Waals surface area contributed by atoms with Gasteiger partial charge in [-0.3, -0.25) is 4.79 Å². The average molecular weight is 339 g/mol. The number of thiazole rings is 1. The predicted molar refractivity (Wildman–Crippen MR) is 96.6 cm³/mol. The minimum atomic E-state index is -0.104. The zero-order chi connectivity index (χ0) is 17.1. The second-order valence-corrected chi connectivity index (χ2v) is 6.41. The largest absolute Gasteiger partial charge is 0.378 e. The van der Waals surface area contributed by atoms with E-state index in [-0.39, 0.29) is 5.91 Å². The van der Waals surface area contributed by atoms with Gasteiger partial charge in [-0.25, -0.2) is 15.0 Å². The standard InChI is InChI=1S/C17H17N5OS/c1-21(2)12-5-7-13(8-6-12)22(3)17(23)14-11-20-16(24-14)15-18-9-4-10-19-15/h4-11H,1-3H3. The van der Waals surface area contributed by atoms with Crippen LogP contribution in [0.4, 0.5) is 11.4 Å². The summed E-state index contributed by atoms with van der Waals surface area (Å²) in [5.74, 6) is 0.423. The molecular weight excluding hydrogens is 322 g/mol. The third kappa shape index (κ3) is 3.26. The second kappa shape index (κ2) is 6.76. The van der Waals surface area contributed by atoms with Crippen molar-refractivity contribution in [1.82, 2.24) is 15.0 Å². The van der Waals surface area contributed by atoms with Crippen molar-refractivity contribution >= 4 is 28.6 Å². The predicted octanol–water partition coefficient (Wildman–Crippen LogP) is 2.94. The number of aromatic nitrogens is 3. The number of hydrogen-bond acceptors (Lipinski definition) is 6. The van der Waals surface area contributed by atoms with Crippen molar-refractivity contribution < 1.29 is 4.79 Å². The summed E-state index contributed by atoms with van der Waals surface area (Å²) in [5.41, 5.74) is 1.91. The number of hydrogen-bond donors (Lipinski definition) is 0. The highest BCUT2D eigenvalue weighted by Gasteiger charge is 2.18. The Balaban J connectivity index is 1.80. The Bertz CT molecular complexity index is 830. The molecule has 0 unspecified atom stereocenters. The van der Waals surface area contributed by atoms with Crippen LogP contribution in [0.15, 0.2) is 48.9 Å². The number of anilines is 2. The molecule has 0 fully saturated rings. The first-order valence-electron chi connectivity index (χ1n) is 7.35. The van der Waals surface area contributed by atoms with Gasteiger partial charge in [0.1, 0.15) is 4.88 Å². The molecule has 0 saturated heterocycles. The molecule has 0 saturated carbocycles. The molecule has 1 aromatic carbocycles. The minimum Gasteiger partial charge on any atom is -0.378 e. The highest BCUT2D eigenvalue weighted by Crippen LogP contribution is 2.25. The summed E-state index contributed by atoms with van der Waals surface area (Å²) in [4.78, 5) is 29.4. The molecule has 6 nitrogen and oxygen atoms in total. The van der Waals surface area contributed by atoms with E-state index < -0.39 is 0 Å². The van der Waals surface area contributed by atoms with E-state index in [1.807, 2.05) is 43.3 Å². The van der Waals surface area contributed by atoms with Gasteiger partial charge >= 0.3 is 0 Å². The Morgan fingerprint density at radius 2 is 1.58 bits per heavy atom. The van der Waals surface area contributed by atoms with Crippen LogP contribution in [0.5, 0.6) is 0 Å². The molecule has 0 radical (unpaired) electrons. The van der Waals surface area contributed by atoms with E-state index in [0.717, 1.165) is 11.4 Å². The van der Waals surface area contributed by atoms with Crippen LogP contribution in [0, 0.1) is 0 Å². The van der Waals surface area contributed by atoms with Crippen LogP contribution in [-0.4, -0.2) is 42.0 Å². The Hall–Kier alpha value is -2.80. The van der Waals surface area contributed by atoms with Crippen LogP contribution in [0.2, 0.25) is 0 Å². The van der Waals surface area contributed by atoms with E-state index in [4.69, 9.17) is 0 Å². The molecule has 3 rings (SSSR count). The summed E-state index contributed by atoms with van der Waals surface area (Å²) < 4.78 is 0. The van der Waals surface area contributed by atoms with Crippen LogP contribution in [-0.2, 0) is 0 Å². The molecule has 0 spiro atoms. The Labute approximate surface area is 144 Å². The van der Waals surface area contributed by atoms with Gasteiger partial charge in [0.05, 0.1) is 6.20 Å². The molecule has 0 bridgehead atoms. The van der Waals surface area contributed by atoms with Gasteiger partial charge in [0, 0.05) is 44.9 Å². The van der Waals surface area contributed by atoms with E-state index in [1.54, 1.807) is 36.6 Å². The van der Waals surface area contributed by atoms with E-state index in [2.05, 4.69) is 15.0 Å². The normalized spacial score (nSPS) is 10.5. The molecule has 24 heavy (non-hydrogen) atoms. The zero-order valence-electron chi connectivity index (χ0n) is 13.7. The van der Waals surface area contributed by atoms with Crippen LogP contribution in [0.25, 0.3) is 10.8 Å². The van der Waals surface area contributed by atoms with Gasteiger partial charge in [0.25, 0.3) is 5.91 Å². The maximum Gasteiger partial charge on any atom is 0.269 e. The highest BCUT2D eigenvalue weighted by molar-refractivity contribution is 7.16. The van der Waals surface area contributed by atoms with Crippen LogP contribution >= 0.6 is 11.3 Å². The molecule has 0 atom stereocenters. The lowest BCUT2D eigenvalue weighted by Gasteiger charge is -2.18. The molecule has 2 aromatic heterocycles. The molecule has 3 aromatic rings. The van der Waals surface area contributed by atoms with Crippen molar-refractivity contribution in [2.45, 2.75) is 0 Å². The maximum absolute atomic E-state index is 12.7. The van der Waals surface area contributed by atoms with Crippen molar-refractivity contribution in [3.05, 3.63) is 53.8 Å². The van der Waals surface area contributed by atoms with Crippen molar-refractivity contribution in [2.75, 3.05) is 30.9 Å². The van der Waals surface area contributed by atoms with Gasteiger partial charge in [0.15, 0.2) is 10.8 Å². The monoisotopic (exact) mass is 339 g/mol. The SMILES string of the molecule is CN(C)c1ccc(N(C)C(=O)c2cnc(-c3ncccn3)s2)cc1. The summed E-state index contributed by atoms with van der Waals surface area (Å²) in [6.45, 7) is 0. The van der Waals surface area contributed by atoms with Gasteiger partial charge in [0.2, 0.25) is 0 Å². The van der Waals surface area contributed by atoms with Crippen LogP contribution in [0.3, 0.4) is 0 Å².